The molecule has 0 aliphatic rings. The van der Waals surface area contributed by atoms with Gasteiger partial charge in [0.2, 0.25) is 0 Å². The van der Waals surface area contributed by atoms with Gasteiger partial charge in [-0.3, -0.25) is 0 Å². The van der Waals surface area contributed by atoms with Crippen LogP contribution in [0.25, 0.3) is 0 Å². The lowest BCUT2D eigenvalue weighted by Gasteiger charge is -2.24. The normalized spacial score (nSPS) is 12.5. The molecule has 0 radical (unpaired) electrons. The molecule has 1 unspecified atom stereocenters. The van der Waals surface area contributed by atoms with Crippen molar-refractivity contribution in [3.8, 4) is 0 Å². The molecular weight excluding hydrogens is 262 g/mol. The van der Waals surface area contributed by atoms with Gasteiger partial charge in [-0.05, 0) is 30.0 Å². The van der Waals surface area contributed by atoms with Crippen molar-refractivity contribution in [2.75, 3.05) is 23.8 Å². The Balaban J connectivity index is 2.61. The molecule has 1 atom stereocenters. The summed E-state index contributed by atoms with van der Waals surface area (Å²) in [4.78, 5) is 2.34. The van der Waals surface area contributed by atoms with Crippen LogP contribution >= 0.6 is 15.9 Å². The number of aryl methyl sites for hydroxylation is 1. The van der Waals surface area contributed by atoms with Crippen LogP contribution in [-0.2, 0) is 6.42 Å². The number of hydrogen-bond acceptors (Lipinski definition) is 1. The Morgan fingerprint density at radius 3 is 2.25 bits per heavy atom. The number of hydrogen-bond donors (Lipinski definition) is 0. The lowest BCUT2D eigenvalue weighted by atomic mass is 10.1. The predicted molar refractivity (Wildman–Crippen MR) is 76.7 cm³/mol. The number of anilines is 1. The fourth-order valence-corrected chi connectivity index (χ4v) is 2.43. The van der Waals surface area contributed by atoms with E-state index in [4.69, 9.17) is 0 Å². The predicted octanol–water partition coefficient (Wildman–Crippen LogP) is 4.11. The van der Waals surface area contributed by atoms with Crippen molar-refractivity contribution in [2.45, 2.75) is 26.7 Å². The molecule has 0 aliphatic heterocycles. The molecule has 0 N–H and O–H groups in total. The van der Waals surface area contributed by atoms with E-state index in [0.29, 0.717) is 0 Å². The van der Waals surface area contributed by atoms with Gasteiger partial charge in [0.25, 0.3) is 0 Å². The number of rotatable bonds is 6. The van der Waals surface area contributed by atoms with E-state index < -0.39 is 0 Å². The van der Waals surface area contributed by atoms with Gasteiger partial charge in [-0.1, -0.05) is 48.3 Å². The maximum Gasteiger partial charge on any atom is 0.0363 e. The summed E-state index contributed by atoms with van der Waals surface area (Å²) in [7, 11) is 2.17. The van der Waals surface area contributed by atoms with Crippen molar-refractivity contribution in [1.82, 2.24) is 0 Å². The molecule has 0 heterocycles. The van der Waals surface area contributed by atoms with E-state index in [1.54, 1.807) is 0 Å². The van der Waals surface area contributed by atoms with Gasteiger partial charge in [-0.15, -0.1) is 0 Å². The van der Waals surface area contributed by atoms with Gasteiger partial charge < -0.3 is 4.90 Å². The summed E-state index contributed by atoms with van der Waals surface area (Å²) >= 11 is 3.57. The molecule has 2 heteroatoms. The zero-order valence-electron chi connectivity index (χ0n) is 10.5. The van der Waals surface area contributed by atoms with Gasteiger partial charge >= 0.3 is 0 Å². The van der Waals surface area contributed by atoms with Gasteiger partial charge in [0.05, 0.1) is 0 Å². The van der Waals surface area contributed by atoms with Crippen LogP contribution in [0.3, 0.4) is 0 Å². The van der Waals surface area contributed by atoms with E-state index in [2.05, 4.69) is 66.0 Å². The topological polar surface area (TPSA) is 3.24 Å². The van der Waals surface area contributed by atoms with E-state index in [-0.39, 0.29) is 0 Å². The Labute approximate surface area is 108 Å². The highest BCUT2D eigenvalue weighted by Gasteiger charge is 2.08. The molecule has 0 fully saturated rings. The van der Waals surface area contributed by atoms with Crippen molar-refractivity contribution in [2.24, 2.45) is 5.92 Å². The van der Waals surface area contributed by atoms with Crippen molar-refractivity contribution in [3.05, 3.63) is 29.8 Å². The van der Waals surface area contributed by atoms with E-state index in [9.17, 15) is 0 Å². The summed E-state index contributed by atoms with van der Waals surface area (Å²) in [5.41, 5.74) is 2.72. The van der Waals surface area contributed by atoms with Gasteiger partial charge in [0.1, 0.15) is 0 Å². The standard InChI is InChI=1S/C14H22BrN/c1-4-12-6-8-14(9-7-12)16(3)11-13(5-2)10-15/h6-9,13H,4-5,10-11H2,1-3H3. The molecule has 1 nitrogen and oxygen atoms in total. The quantitative estimate of drug-likeness (QED) is 0.711. The number of halogens is 1. The Bertz CT molecular complexity index is 290. The lowest BCUT2D eigenvalue weighted by molar-refractivity contribution is 0.572. The van der Waals surface area contributed by atoms with Crippen LogP contribution in [0.2, 0.25) is 0 Å². The fourth-order valence-electron chi connectivity index (χ4n) is 1.77. The molecule has 90 valence electrons. The second-order valence-electron chi connectivity index (χ2n) is 4.33. The summed E-state index contributed by atoms with van der Waals surface area (Å²) in [5.74, 6) is 0.732. The van der Waals surface area contributed by atoms with E-state index in [0.717, 1.165) is 24.2 Å². The first-order chi connectivity index (χ1) is 7.71. The van der Waals surface area contributed by atoms with Crippen molar-refractivity contribution in [1.29, 1.82) is 0 Å². The molecule has 0 saturated carbocycles. The van der Waals surface area contributed by atoms with Crippen LogP contribution < -0.4 is 4.90 Å². The maximum atomic E-state index is 3.57. The highest BCUT2D eigenvalue weighted by atomic mass is 79.9. The monoisotopic (exact) mass is 283 g/mol. The third kappa shape index (κ3) is 3.82. The molecule has 0 bridgehead atoms. The minimum atomic E-state index is 0.732. The Kier molecular flexibility index (Phi) is 5.89. The minimum Gasteiger partial charge on any atom is -0.374 e. The summed E-state index contributed by atoms with van der Waals surface area (Å²) in [6, 6.07) is 8.89. The molecule has 1 rings (SSSR count). The SMILES string of the molecule is CCc1ccc(N(C)CC(CC)CBr)cc1. The van der Waals surface area contributed by atoms with Crippen LogP contribution in [0.5, 0.6) is 0 Å². The molecule has 0 spiro atoms. The summed E-state index contributed by atoms with van der Waals surface area (Å²) in [6.45, 7) is 5.56. The highest BCUT2D eigenvalue weighted by molar-refractivity contribution is 9.09. The van der Waals surface area contributed by atoms with Crippen LogP contribution in [0.1, 0.15) is 25.8 Å². The number of alkyl halides is 1. The van der Waals surface area contributed by atoms with Gasteiger partial charge in [-0.25, -0.2) is 0 Å². The van der Waals surface area contributed by atoms with E-state index in [1.165, 1.54) is 17.7 Å². The summed E-state index contributed by atoms with van der Waals surface area (Å²) in [6.07, 6.45) is 2.34. The van der Waals surface area contributed by atoms with Crippen molar-refractivity contribution >= 4 is 21.6 Å². The van der Waals surface area contributed by atoms with Gasteiger partial charge in [0.15, 0.2) is 0 Å². The second kappa shape index (κ2) is 6.95. The third-order valence-electron chi connectivity index (χ3n) is 3.11. The average Bonchev–Trinajstić information content (AvgIpc) is 2.35. The third-order valence-corrected chi connectivity index (χ3v) is 4.03. The Morgan fingerprint density at radius 1 is 1.19 bits per heavy atom. The fraction of sp³-hybridized carbons (Fsp3) is 0.571. The maximum absolute atomic E-state index is 3.57. The molecular formula is C14H22BrN. The molecule has 16 heavy (non-hydrogen) atoms. The van der Waals surface area contributed by atoms with E-state index >= 15 is 0 Å². The Morgan fingerprint density at radius 2 is 1.81 bits per heavy atom. The first kappa shape index (κ1) is 13.6. The largest absolute Gasteiger partial charge is 0.374 e. The average molecular weight is 284 g/mol. The second-order valence-corrected chi connectivity index (χ2v) is 4.98. The van der Waals surface area contributed by atoms with Crippen LogP contribution in [0.15, 0.2) is 24.3 Å². The highest BCUT2D eigenvalue weighted by Crippen LogP contribution is 2.17. The smallest absolute Gasteiger partial charge is 0.0363 e. The molecule has 1 aromatic rings. The zero-order chi connectivity index (χ0) is 12.0. The van der Waals surface area contributed by atoms with Crippen LogP contribution in [0.4, 0.5) is 5.69 Å². The van der Waals surface area contributed by atoms with E-state index in [1.807, 2.05) is 0 Å². The molecule has 0 saturated heterocycles. The minimum absolute atomic E-state index is 0.732. The summed E-state index contributed by atoms with van der Waals surface area (Å²) in [5, 5.41) is 1.08. The van der Waals surface area contributed by atoms with Gasteiger partial charge in [0, 0.05) is 24.6 Å². The summed E-state index contributed by atoms with van der Waals surface area (Å²) < 4.78 is 0. The Hall–Kier alpha value is -0.500. The zero-order valence-corrected chi connectivity index (χ0v) is 12.1. The number of benzene rings is 1. The van der Waals surface area contributed by atoms with Crippen molar-refractivity contribution < 1.29 is 0 Å². The van der Waals surface area contributed by atoms with Crippen molar-refractivity contribution in [3.63, 3.8) is 0 Å². The first-order valence-corrected chi connectivity index (χ1v) is 7.19. The van der Waals surface area contributed by atoms with Crippen LogP contribution in [0, 0.1) is 5.92 Å². The molecule has 0 aliphatic carbocycles. The number of nitrogens with zero attached hydrogens (tertiary/aromatic N) is 1. The lowest BCUT2D eigenvalue weighted by Crippen LogP contribution is -2.25. The first-order valence-electron chi connectivity index (χ1n) is 6.07. The molecule has 0 aromatic heterocycles. The van der Waals surface area contributed by atoms with Gasteiger partial charge in [-0.2, -0.15) is 0 Å². The molecule has 1 aromatic carbocycles. The molecule has 0 amide bonds. The van der Waals surface area contributed by atoms with Crippen LogP contribution in [-0.4, -0.2) is 18.9 Å².